The molecule has 0 radical (unpaired) electrons. The average molecular weight is 365 g/mol. The van der Waals surface area contributed by atoms with Gasteiger partial charge in [0.25, 0.3) is 0 Å². The highest BCUT2D eigenvalue weighted by atomic mass is 16.6. The van der Waals surface area contributed by atoms with Crippen molar-refractivity contribution in [2.75, 3.05) is 13.2 Å². The van der Waals surface area contributed by atoms with Crippen LogP contribution in [0.5, 0.6) is 0 Å². The Balaban J connectivity index is 1.99. The van der Waals surface area contributed by atoms with Crippen LogP contribution in [0.1, 0.15) is 18.4 Å². The van der Waals surface area contributed by atoms with E-state index >= 15 is 0 Å². The number of nitrogens with zero attached hydrogens (tertiary/aromatic N) is 1. The Labute approximate surface area is 153 Å². The van der Waals surface area contributed by atoms with Crippen LogP contribution >= 0.6 is 0 Å². The van der Waals surface area contributed by atoms with Crippen LogP contribution in [0.3, 0.4) is 0 Å². The van der Waals surface area contributed by atoms with Crippen molar-refractivity contribution in [3.8, 4) is 0 Å². The summed E-state index contributed by atoms with van der Waals surface area (Å²) >= 11 is 0. The molecule has 0 unspecified atom stereocenters. The Morgan fingerprint density at radius 1 is 1.12 bits per heavy atom. The summed E-state index contributed by atoms with van der Waals surface area (Å²) < 4.78 is 5.48. The van der Waals surface area contributed by atoms with Gasteiger partial charge in [0.15, 0.2) is 6.23 Å². The summed E-state index contributed by atoms with van der Waals surface area (Å²) in [6.45, 7) is 3.22. The highest BCUT2D eigenvalue weighted by Crippen LogP contribution is 2.24. The van der Waals surface area contributed by atoms with Gasteiger partial charge in [0.1, 0.15) is 24.4 Å². The van der Waals surface area contributed by atoms with E-state index in [-0.39, 0.29) is 0 Å². The number of rotatable bonds is 8. The second-order valence-corrected chi connectivity index (χ2v) is 6.40. The van der Waals surface area contributed by atoms with Gasteiger partial charge in [-0.05, 0) is 30.9 Å². The van der Waals surface area contributed by atoms with Crippen LogP contribution < -0.4 is 0 Å². The van der Waals surface area contributed by atoms with Gasteiger partial charge < -0.3 is 30.1 Å². The van der Waals surface area contributed by atoms with E-state index in [1.165, 1.54) is 10.5 Å². The van der Waals surface area contributed by atoms with Gasteiger partial charge in [-0.1, -0.05) is 36.9 Å². The summed E-state index contributed by atoms with van der Waals surface area (Å²) in [7, 11) is 0. The van der Waals surface area contributed by atoms with Crippen molar-refractivity contribution in [1.29, 1.82) is 0 Å². The van der Waals surface area contributed by atoms with Crippen LogP contribution in [0.2, 0.25) is 0 Å². The molecule has 1 heterocycles. The largest absolute Gasteiger partial charge is 0.394 e. The number of carbonyl (C=O) groups excluding carboxylic acids is 1. The van der Waals surface area contributed by atoms with Crippen LogP contribution in [0.15, 0.2) is 43.0 Å². The molecule has 0 saturated carbocycles. The quantitative estimate of drug-likeness (QED) is 0.376. The highest BCUT2D eigenvalue weighted by Gasteiger charge is 2.46. The minimum absolute atomic E-state index is 0.292. The van der Waals surface area contributed by atoms with Crippen LogP contribution in [-0.2, 0) is 16.0 Å². The van der Waals surface area contributed by atoms with Crippen molar-refractivity contribution < 1.29 is 30.0 Å². The van der Waals surface area contributed by atoms with Gasteiger partial charge in [-0.3, -0.25) is 4.79 Å². The third kappa shape index (κ3) is 4.90. The summed E-state index contributed by atoms with van der Waals surface area (Å²) in [4.78, 5) is 13.5. The van der Waals surface area contributed by atoms with E-state index in [2.05, 4.69) is 6.58 Å². The third-order valence-electron chi connectivity index (χ3n) is 4.59. The van der Waals surface area contributed by atoms with E-state index in [1.807, 2.05) is 30.3 Å². The van der Waals surface area contributed by atoms with E-state index < -0.39 is 43.2 Å². The zero-order valence-corrected chi connectivity index (χ0v) is 14.6. The number of hydrogen-bond acceptors (Lipinski definition) is 6. The first-order valence-electron chi connectivity index (χ1n) is 8.77. The number of carbonyl (C=O) groups is 1. The van der Waals surface area contributed by atoms with Gasteiger partial charge >= 0.3 is 0 Å². The predicted molar refractivity (Wildman–Crippen MR) is 95.1 cm³/mol. The molecule has 26 heavy (non-hydrogen) atoms. The number of amides is 1. The van der Waals surface area contributed by atoms with Crippen LogP contribution in [0, 0.1) is 0 Å². The fourth-order valence-electron chi connectivity index (χ4n) is 3.08. The van der Waals surface area contributed by atoms with Crippen molar-refractivity contribution in [2.45, 2.75) is 49.9 Å². The maximum absolute atomic E-state index is 12.2. The summed E-state index contributed by atoms with van der Waals surface area (Å²) in [6.07, 6.45) is -3.22. The molecule has 0 spiro atoms. The van der Waals surface area contributed by atoms with Crippen LogP contribution in [0.25, 0.3) is 0 Å². The Hall–Kier alpha value is -1.77. The van der Waals surface area contributed by atoms with Crippen LogP contribution in [0.4, 0.5) is 0 Å². The van der Waals surface area contributed by atoms with Gasteiger partial charge in [-0.15, -0.1) is 0 Å². The molecule has 1 fully saturated rings. The number of unbranched alkanes of at least 4 members (excludes halogenated alkanes) is 1. The van der Waals surface area contributed by atoms with E-state index in [4.69, 9.17) is 4.74 Å². The molecule has 0 aliphatic carbocycles. The van der Waals surface area contributed by atoms with E-state index in [0.29, 0.717) is 13.0 Å². The Morgan fingerprint density at radius 2 is 1.81 bits per heavy atom. The second-order valence-electron chi connectivity index (χ2n) is 6.40. The zero-order valence-electron chi connectivity index (χ0n) is 14.6. The summed E-state index contributed by atoms with van der Waals surface area (Å²) in [6, 6.07) is 9.95. The smallest absolute Gasteiger partial charge is 0.248 e. The Kier molecular flexibility index (Phi) is 7.74. The van der Waals surface area contributed by atoms with Crippen molar-refractivity contribution in [2.24, 2.45) is 0 Å². The molecule has 1 aromatic rings. The number of aliphatic hydroxyl groups excluding tert-OH is 4. The molecule has 1 aliphatic heterocycles. The maximum atomic E-state index is 12.2. The number of aryl methyl sites for hydroxylation is 1. The molecule has 1 saturated heterocycles. The molecule has 1 aliphatic rings. The molecular formula is C19H27NO6. The fourth-order valence-corrected chi connectivity index (χ4v) is 3.08. The van der Waals surface area contributed by atoms with E-state index in [0.717, 1.165) is 18.9 Å². The van der Waals surface area contributed by atoms with Crippen molar-refractivity contribution in [1.82, 2.24) is 4.90 Å². The lowest BCUT2D eigenvalue weighted by Gasteiger charge is -2.44. The van der Waals surface area contributed by atoms with E-state index in [1.54, 1.807) is 0 Å². The lowest BCUT2D eigenvalue weighted by Crippen LogP contribution is -2.64. The summed E-state index contributed by atoms with van der Waals surface area (Å²) in [5.41, 5.74) is 1.20. The van der Waals surface area contributed by atoms with Crippen LogP contribution in [-0.4, -0.2) is 75.0 Å². The monoisotopic (exact) mass is 365 g/mol. The average Bonchev–Trinajstić information content (AvgIpc) is 2.67. The summed E-state index contributed by atoms with van der Waals surface area (Å²) in [5, 5.41) is 39.3. The molecule has 144 valence electrons. The van der Waals surface area contributed by atoms with Crippen molar-refractivity contribution >= 4 is 5.91 Å². The van der Waals surface area contributed by atoms with Gasteiger partial charge in [-0.2, -0.15) is 0 Å². The molecule has 0 aromatic heterocycles. The molecule has 7 nitrogen and oxygen atoms in total. The van der Waals surface area contributed by atoms with Gasteiger partial charge in [0, 0.05) is 6.54 Å². The number of hydrogen-bond donors (Lipinski definition) is 4. The second kappa shape index (κ2) is 9.80. The van der Waals surface area contributed by atoms with Crippen molar-refractivity contribution in [3.63, 3.8) is 0 Å². The SMILES string of the molecule is C=CC(=O)N(CCCCc1ccccc1)[C@@H]1O[C@H](CO)[C@@H](O)[C@H](O)[C@H]1O. The molecule has 1 amide bonds. The number of benzene rings is 1. The normalized spacial score (nSPS) is 28.5. The molecule has 5 atom stereocenters. The maximum Gasteiger partial charge on any atom is 0.248 e. The van der Waals surface area contributed by atoms with Gasteiger partial charge in [0.2, 0.25) is 5.91 Å². The third-order valence-corrected chi connectivity index (χ3v) is 4.59. The Bertz CT molecular complexity index is 579. The standard InChI is InChI=1S/C19H27NO6/c1-2-15(22)20(11-7-6-10-13-8-4-3-5-9-13)19-18(25)17(24)16(23)14(12-21)26-19/h2-5,8-9,14,16-19,21,23-25H,1,6-7,10-12H2/t14-,16-,17+,18-,19-/m1/s1. The van der Waals surface area contributed by atoms with Gasteiger partial charge in [-0.25, -0.2) is 0 Å². The lowest BCUT2D eigenvalue weighted by atomic mass is 9.97. The minimum Gasteiger partial charge on any atom is -0.394 e. The number of ether oxygens (including phenoxy) is 1. The topological polar surface area (TPSA) is 110 Å². The first-order valence-corrected chi connectivity index (χ1v) is 8.77. The molecule has 0 bridgehead atoms. The summed E-state index contributed by atoms with van der Waals surface area (Å²) in [5.74, 6) is -0.450. The Morgan fingerprint density at radius 3 is 2.42 bits per heavy atom. The highest BCUT2D eigenvalue weighted by molar-refractivity contribution is 5.87. The molecular weight excluding hydrogens is 338 g/mol. The molecule has 7 heteroatoms. The minimum atomic E-state index is -1.52. The van der Waals surface area contributed by atoms with Crippen molar-refractivity contribution in [3.05, 3.63) is 48.6 Å². The molecule has 1 aromatic carbocycles. The predicted octanol–water partition coefficient (Wildman–Crippen LogP) is -0.176. The lowest BCUT2D eigenvalue weighted by molar-refractivity contribution is -0.261. The molecule has 4 N–H and O–H groups in total. The number of aliphatic hydroxyl groups is 4. The zero-order chi connectivity index (χ0) is 19.1. The van der Waals surface area contributed by atoms with E-state index in [9.17, 15) is 25.2 Å². The fraction of sp³-hybridized carbons (Fsp3) is 0.526. The van der Waals surface area contributed by atoms with Gasteiger partial charge in [0.05, 0.1) is 6.61 Å². The first-order chi connectivity index (χ1) is 12.5. The first kappa shape index (κ1) is 20.5. The molecule has 2 rings (SSSR count).